The number of benzene rings is 2. The molecule has 0 amide bonds. The highest BCUT2D eigenvalue weighted by atomic mass is 35.5. The maximum Gasteiger partial charge on any atom is 0.490 e. The number of imidazole rings is 1. The van der Waals surface area contributed by atoms with E-state index in [0.29, 0.717) is 48.4 Å². The Bertz CT molecular complexity index is 2130. The van der Waals surface area contributed by atoms with Gasteiger partial charge in [0.25, 0.3) is 0 Å². The Morgan fingerprint density at radius 3 is 1.97 bits per heavy atom. The highest BCUT2D eigenvalue weighted by Gasteiger charge is 2.47. The number of carboxylic acid groups (broad SMARTS) is 2. The first kappa shape index (κ1) is 47.4. The number of aliphatic hydroxyl groups excluding tert-OH is 2. The molecule has 0 spiro atoms. The van der Waals surface area contributed by atoms with Crippen molar-refractivity contribution in [3.05, 3.63) is 83.9 Å². The summed E-state index contributed by atoms with van der Waals surface area (Å²) in [5, 5.41) is 55.7. The van der Waals surface area contributed by atoms with Gasteiger partial charge in [-0.3, -0.25) is 4.57 Å². The van der Waals surface area contributed by atoms with Crippen LogP contribution in [-0.4, -0.2) is 140 Å². The van der Waals surface area contributed by atoms with Crippen LogP contribution in [0.5, 0.6) is 0 Å². The van der Waals surface area contributed by atoms with Crippen LogP contribution < -0.4 is 10.6 Å². The highest BCUT2D eigenvalue weighted by molar-refractivity contribution is 6.17. The number of anilines is 2. The van der Waals surface area contributed by atoms with E-state index in [9.17, 15) is 36.6 Å². The summed E-state index contributed by atoms with van der Waals surface area (Å²) < 4.78 is 71.3. The molecule has 18 nitrogen and oxygen atoms in total. The van der Waals surface area contributed by atoms with E-state index in [1.807, 2.05) is 36.4 Å². The predicted molar refractivity (Wildman–Crippen MR) is 208 cm³/mol. The van der Waals surface area contributed by atoms with Crippen molar-refractivity contribution in [2.24, 2.45) is 0 Å². The van der Waals surface area contributed by atoms with Gasteiger partial charge in [0.15, 0.2) is 29.3 Å². The summed E-state index contributed by atoms with van der Waals surface area (Å²) in [7, 11) is 0. The Morgan fingerprint density at radius 1 is 0.839 bits per heavy atom. The Hall–Kier alpha value is -5.69. The summed E-state index contributed by atoms with van der Waals surface area (Å²) >= 11 is 5.82. The zero-order valence-electron chi connectivity index (χ0n) is 32.5. The first-order valence-corrected chi connectivity index (χ1v) is 19.5. The Kier molecular flexibility index (Phi) is 16.3. The number of aliphatic hydroxyl groups is 2. The van der Waals surface area contributed by atoms with Crippen LogP contribution in [0.2, 0.25) is 0 Å². The number of piperidine rings is 1. The monoisotopic (exact) mass is 901 g/mol. The molecule has 0 saturated carbocycles. The van der Waals surface area contributed by atoms with Gasteiger partial charge in [-0.05, 0) is 42.3 Å². The lowest BCUT2D eigenvalue weighted by atomic mass is 9.91. The average Bonchev–Trinajstić information content (AvgIpc) is 3.96. The molecule has 2 aliphatic heterocycles. The number of likely N-dealkylation sites (tertiary alicyclic amines) is 1. The lowest BCUT2D eigenvalue weighted by Crippen LogP contribution is -2.34. The van der Waals surface area contributed by atoms with E-state index in [0.717, 1.165) is 19.6 Å². The Morgan fingerprint density at radius 2 is 1.42 bits per heavy atom. The van der Waals surface area contributed by atoms with Gasteiger partial charge in [0, 0.05) is 31.4 Å². The van der Waals surface area contributed by atoms with Gasteiger partial charge >= 0.3 is 24.3 Å². The number of tetrazole rings is 1. The molecule has 2 saturated heterocycles. The number of carbonyl (C=O) groups is 2. The number of aromatic nitrogens is 8. The summed E-state index contributed by atoms with van der Waals surface area (Å²) in [6.45, 7) is 4.64. The number of aryl methyl sites for hydroxylation is 1. The first-order chi connectivity index (χ1) is 29.5. The molecule has 5 heterocycles. The van der Waals surface area contributed by atoms with E-state index in [2.05, 4.69) is 60.2 Å². The largest absolute Gasteiger partial charge is 0.490 e. The molecule has 7 rings (SSSR count). The Balaban J connectivity index is 0.000000448. The van der Waals surface area contributed by atoms with Crippen LogP contribution in [0.3, 0.4) is 0 Å². The standard InChI is InChI=1S/C33H40ClN11O3.2C2HF3O2/c34-14-18-45-41-30(40-42-45)28-26(46)27(47)32(48-28)44-21-37-25-29(38-33(39-31(25)44)35-15-19-43-16-8-3-9-17-43)36-20-24(22-10-4-1-5-11-22)23-12-6-2-7-13-23;2*3-2(4,5)1(6)7/h1-2,4-7,10-13,21,24,26-28,32,46-47H,3,8-9,14-20H2,(H2,35,36,38,39);2*(H,6,7)/t26-,27+,28-,32+;;/m0../s1. The quantitative estimate of drug-likeness (QED) is 0.0707. The van der Waals surface area contributed by atoms with Gasteiger partial charge in [-0.2, -0.15) is 41.1 Å². The van der Waals surface area contributed by atoms with Gasteiger partial charge in [-0.1, -0.05) is 67.1 Å². The van der Waals surface area contributed by atoms with Gasteiger partial charge in [0.1, 0.15) is 12.2 Å². The molecule has 4 atom stereocenters. The molecule has 0 aliphatic carbocycles. The van der Waals surface area contributed by atoms with Crippen LogP contribution in [0.4, 0.5) is 38.1 Å². The van der Waals surface area contributed by atoms with Crippen LogP contribution in [0, 0.1) is 0 Å². The van der Waals surface area contributed by atoms with E-state index in [-0.39, 0.29) is 11.7 Å². The molecule has 5 aromatic rings. The second-order valence-electron chi connectivity index (χ2n) is 13.8. The fourth-order valence-electron chi connectivity index (χ4n) is 6.45. The van der Waals surface area contributed by atoms with Gasteiger partial charge < -0.3 is 40.7 Å². The van der Waals surface area contributed by atoms with Gasteiger partial charge in [-0.15, -0.1) is 21.8 Å². The second kappa shape index (κ2) is 21.4. The molecule has 62 heavy (non-hydrogen) atoms. The number of nitrogens with zero attached hydrogens (tertiary/aromatic N) is 9. The van der Waals surface area contributed by atoms with Crippen molar-refractivity contribution in [3.8, 4) is 0 Å². The lowest BCUT2D eigenvalue weighted by molar-refractivity contribution is -0.193. The summed E-state index contributed by atoms with van der Waals surface area (Å²) in [4.78, 5) is 36.0. The number of aliphatic carboxylic acids is 2. The van der Waals surface area contributed by atoms with Crippen molar-refractivity contribution in [2.45, 2.75) is 68.6 Å². The molecule has 2 aliphatic rings. The van der Waals surface area contributed by atoms with Gasteiger partial charge in [0.05, 0.1) is 12.9 Å². The zero-order chi connectivity index (χ0) is 45.0. The first-order valence-electron chi connectivity index (χ1n) is 19.0. The number of fused-ring (bicyclic) bond motifs is 1. The maximum atomic E-state index is 11.2. The smallest absolute Gasteiger partial charge is 0.475 e. The van der Waals surface area contributed by atoms with Crippen LogP contribution >= 0.6 is 11.6 Å². The van der Waals surface area contributed by atoms with Crippen LogP contribution in [0.15, 0.2) is 67.0 Å². The van der Waals surface area contributed by atoms with E-state index < -0.39 is 48.8 Å². The minimum absolute atomic E-state index is 0.0469. The van der Waals surface area contributed by atoms with E-state index in [1.165, 1.54) is 35.2 Å². The van der Waals surface area contributed by atoms with Crippen molar-refractivity contribution in [3.63, 3.8) is 0 Å². The van der Waals surface area contributed by atoms with Crippen LogP contribution in [0.25, 0.3) is 11.2 Å². The number of halogens is 7. The van der Waals surface area contributed by atoms with Crippen molar-refractivity contribution in [1.82, 2.24) is 44.6 Å². The fourth-order valence-corrected chi connectivity index (χ4v) is 6.61. The molecule has 0 bridgehead atoms. The highest BCUT2D eigenvalue weighted by Crippen LogP contribution is 2.39. The van der Waals surface area contributed by atoms with E-state index >= 15 is 0 Å². The van der Waals surface area contributed by atoms with E-state index in [1.54, 1.807) is 10.9 Å². The number of nitrogens with one attached hydrogen (secondary N) is 2. The number of hydrogen-bond acceptors (Lipinski definition) is 14. The van der Waals surface area contributed by atoms with Crippen molar-refractivity contribution >= 4 is 46.5 Å². The molecular formula is C37H42ClF6N11O7. The zero-order valence-corrected chi connectivity index (χ0v) is 33.2. The third-order valence-electron chi connectivity index (χ3n) is 9.46. The molecule has 336 valence electrons. The lowest BCUT2D eigenvalue weighted by Gasteiger charge is -2.26. The number of hydrogen-bond donors (Lipinski definition) is 6. The summed E-state index contributed by atoms with van der Waals surface area (Å²) in [5.74, 6) is -4.03. The number of carboxylic acids is 2. The molecular weight excluding hydrogens is 860 g/mol. The topological polar surface area (TPSA) is 239 Å². The summed E-state index contributed by atoms with van der Waals surface area (Å²) in [6, 6.07) is 20.7. The molecule has 6 N–H and O–H groups in total. The summed E-state index contributed by atoms with van der Waals surface area (Å²) in [6.07, 6.45) is -9.54. The molecule has 2 fully saturated rings. The minimum atomic E-state index is -5.08. The average molecular weight is 902 g/mol. The number of ether oxygens (including phenoxy) is 1. The maximum absolute atomic E-state index is 11.2. The number of rotatable bonds is 13. The third kappa shape index (κ3) is 12.7. The van der Waals surface area contributed by atoms with Crippen molar-refractivity contribution in [1.29, 1.82) is 0 Å². The van der Waals surface area contributed by atoms with Crippen LogP contribution in [0.1, 0.15) is 54.5 Å². The van der Waals surface area contributed by atoms with Crippen molar-refractivity contribution < 1.29 is 61.1 Å². The van der Waals surface area contributed by atoms with Crippen molar-refractivity contribution in [2.75, 3.05) is 49.2 Å². The summed E-state index contributed by atoms with van der Waals surface area (Å²) in [5.41, 5.74) is 3.30. The third-order valence-corrected chi connectivity index (χ3v) is 9.63. The SMILES string of the molecule is O=C(O)C(F)(F)F.O=C(O)C(F)(F)F.O[C@@H]1[C@H](O)[C@@H](c2nnn(CCCl)n2)O[C@H]1n1cnc2c(NCC(c3ccccc3)c3ccccc3)nc(NCCN3CCCCC3)nc21. The minimum Gasteiger partial charge on any atom is -0.475 e. The van der Waals surface area contributed by atoms with Gasteiger partial charge in [0.2, 0.25) is 11.8 Å². The number of alkyl halides is 7. The molecule has 0 unspecified atom stereocenters. The molecule has 3 aromatic heterocycles. The molecule has 25 heteroatoms. The second-order valence-corrected chi connectivity index (χ2v) is 14.1. The molecule has 2 aromatic carbocycles. The van der Waals surface area contributed by atoms with E-state index in [4.69, 9.17) is 46.1 Å². The van der Waals surface area contributed by atoms with Crippen LogP contribution in [-0.2, 0) is 20.9 Å². The fraction of sp³-hybridized carbons (Fsp3) is 0.459. The molecule has 0 radical (unpaired) electrons. The predicted octanol–water partition coefficient (Wildman–Crippen LogP) is 4.45. The normalized spacial score (nSPS) is 19.3. The Labute approximate surface area is 353 Å². The van der Waals surface area contributed by atoms with Gasteiger partial charge in [-0.25, -0.2) is 14.6 Å².